The Kier molecular flexibility index (Phi) is 8.83. The van der Waals surface area contributed by atoms with Gasteiger partial charge in [0.15, 0.2) is 5.96 Å². The van der Waals surface area contributed by atoms with Crippen molar-refractivity contribution in [2.75, 3.05) is 21.3 Å². The molecule has 2 aromatic rings. The zero-order chi connectivity index (χ0) is 16.7. The van der Waals surface area contributed by atoms with E-state index in [1.165, 1.54) is 4.88 Å². The quantitative estimate of drug-likeness (QED) is 0.393. The molecule has 6 nitrogen and oxygen atoms in total. The molecule has 2 rings (SSSR count). The van der Waals surface area contributed by atoms with Crippen molar-refractivity contribution in [1.29, 1.82) is 0 Å². The first-order valence-electron chi connectivity index (χ1n) is 7.23. The fourth-order valence-corrected chi connectivity index (χ4v) is 2.77. The van der Waals surface area contributed by atoms with Gasteiger partial charge in [0.05, 0.1) is 20.8 Å². The monoisotopic (exact) mass is 462 g/mol. The Hall–Kier alpha value is -1.55. The number of aryl methyl sites for hydroxylation is 1. The fourth-order valence-electron chi connectivity index (χ4n) is 2.04. The summed E-state index contributed by atoms with van der Waals surface area (Å²) in [4.78, 5) is 9.75. The normalized spacial score (nSPS) is 10.8. The summed E-state index contributed by atoms with van der Waals surface area (Å²) in [5, 5.41) is 7.56. The molecule has 0 unspecified atom stereocenters. The lowest BCUT2D eigenvalue weighted by Crippen LogP contribution is -2.36. The van der Waals surface area contributed by atoms with Crippen LogP contribution in [0.4, 0.5) is 0 Å². The standard InChI is InChI=1S/C16H22N4O2S.HI/c1-11-8-18-15(23-11)10-20-16(17-2)19-9-12-5-6-13(21-3)7-14(12)22-4;/h5-8H,9-10H2,1-4H3,(H2,17,19,20);1H. The van der Waals surface area contributed by atoms with Gasteiger partial charge in [0.1, 0.15) is 16.5 Å². The van der Waals surface area contributed by atoms with E-state index in [0.29, 0.717) is 13.1 Å². The van der Waals surface area contributed by atoms with Crippen LogP contribution in [0.25, 0.3) is 0 Å². The molecule has 0 atom stereocenters. The van der Waals surface area contributed by atoms with E-state index in [4.69, 9.17) is 9.47 Å². The molecule has 0 spiro atoms. The first-order valence-corrected chi connectivity index (χ1v) is 8.04. The van der Waals surface area contributed by atoms with Gasteiger partial charge in [-0.1, -0.05) is 0 Å². The van der Waals surface area contributed by atoms with Gasteiger partial charge in [0, 0.05) is 36.3 Å². The maximum atomic E-state index is 5.40. The number of aromatic nitrogens is 1. The predicted molar refractivity (Wildman–Crippen MR) is 109 cm³/mol. The number of methoxy groups -OCH3 is 2. The predicted octanol–water partition coefficient (Wildman–Crippen LogP) is 2.95. The van der Waals surface area contributed by atoms with Crippen LogP contribution in [0.5, 0.6) is 11.5 Å². The van der Waals surface area contributed by atoms with Crippen LogP contribution in [0.2, 0.25) is 0 Å². The maximum absolute atomic E-state index is 5.40. The molecule has 0 radical (unpaired) electrons. The molecule has 1 heterocycles. The topological polar surface area (TPSA) is 67.8 Å². The number of nitrogens with zero attached hydrogens (tertiary/aromatic N) is 2. The molecule has 0 saturated carbocycles. The number of aliphatic imine (C=N–C) groups is 1. The van der Waals surface area contributed by atoms with Crippen LogP contribution >= 0.6 is 35.3 Å². The summed E-state index contributed by atoms with van der Waals surface area (Å²) in [7, 11) is 5.03. The largest absolute Gasteiger partial charge is 0.497 e. The van der Waals surface area contributed by atoms with Crippen LogP contribution < -0.4 is 20.1 Å². The van der Waals surface area contributed by atoms with E-state index < -0.39 is 0 Å². The van der Waals surface area contributed by atoms with E-state index in [9.17, 15) is 0 Å². The molecule has 132 valence electrons. The Morgan fingerprint density at radius 2 is 1.96 bits per heavy atom. The lowest BCUT2D eigenvalue weighted by atomic mass is 10.2. The highest BCUT2D eigenvalue weighted by molar-refractivity contribution is 14.0. The Labute approximate surface area is 163 Å². The number of nitrogens with one attached hydrogen (secondary N) is 2. The van der Waals surface area contributed by atoms with Gasteiger partial charge in [-0.3, -0.25) is 4.99 Å². The molecule has 0 aliphatic heterocycles. The van der Waals surface area contributed by atoms with E-state index in [1.54, 1.807) is 32.6 Å². The summed E-state index contributed by atoms with van der Waals surface area (Å²) in [5.74, 6) is 2.27. The van der Waals surface area contributed by atoms with Crippen LogP contribution in [-0.4, -0.2) is 32.2 Å². The van der Waals surface area contributed by atoms with Crippen LogP contribution in [-0.2, 0) is 13.1 Å². The van der Waals surface area contributed by atoms with E-state index in [0.717, 1.165) is 28.0 Å². The summed E-state index contributed by atoms with van der Waals surface area (Å²) < 4.78 is 10.6. The molecule has 0 saturated heterocycles. The van der Waals surface area contributed by atoms with Gasteiger partial charge in [-0.05, 0) is 19.1 Å². The summed E-state index contributed by atoms with van der Waals surface area (Å²) in [5.41, 5.74) is 1.03. The van der Waals surface area contributed by atoms with Gasteiger partial charge >= 0.3 is 0 Å². The third kappa shape index (κ3) is 5.82. The maximum Gasteiger partial charge on any atom is 0.191 e. The first-order chi connectivity index (χ1) is 11.2. The molecule has 0 bridgehead atoms. The smallest absolute Gasteiger partial charge is 0.191 e. The van der Waals surface area contributed by atoms with Crippen molar-refractivity contribution in [2.45, 2.75) is 20.0 Å². The van der Waals surface area contributed by atoms with Crippen molar-refractivity contribution in [3.63, 3.8) is 0 Å². The molecule has 1 aromatic heterocycles. The van der Waals surface area contributed by atoms with Gasteiger partial charge < -0.3 is 20.1 Å². The molecular weight excluding hydrogens is 439 g/mol. The van der Waals surface area contributed by atoms with Crippen molar-refractivity contribution >= 4 is 41.3 Å². The zero-order valence-corrected chi connectivity index (χ0v) is 17.4. The Balaban J connectivity index is 0.00000288. The number of halogens is 1. The van der Waals surface area contributed by atoms with Crippen molar-refractivity contribution in [3.05, 3.63) is 39.8 Å². The summed E-state index contributed by atoms with van der Waals surface area (Å²) in [6.07, 6.45) is 1.88. The number of hydrogen-bond acceptors (Lipinski definition) is 5. The Morgan fingerprint density at radius 1 is 1.21 bits per heavy atom. The van der Waals surface area contributed by atoms with Gasteiger partial charge in [0.25, 0.3) is 0 Å². The molecule has 2 N–H and O–H groups in total. The number of hydrogen-bond donors (Lipinski definition) is 2. The Morgan fingerprint density at radius 3 is 2.54 bits per heavy atom. The van der Waals surface area contributed by atoms with Gasteiger partial charge in [-0.15, -0.1) is 35.3 Å². The number of ether oxygens (including phenoxy) is 2. The summed E-state index contributed by atoms with van der Waals surface area (Å²) >= 11 is 1.67. The minimum Gasteiger partial charge on any atom is -0.497 e. The second-order valence-corrected chi connectivity index (χ2v) is 6.14. The average Bonchev–Trinajstić information content (AvgIpc) is 3.00. The van der Waals surface area contributed by atoms with Crippen molar-refractivity contribution in [3.8, 4) is 11.5 Å². The molecule has 1 aromatic carbocycles. The Bertz CT molecular complexity index is 676. The zero-order valence-electron chi connectivity index (χ0n) is 14.3. The molecule has 0 aliphatic carbocycles. The minimum atomic E-state index is 0. The van der Waals surface area contributed by atoms with Crippen molar-refractivity contribution < 1.29 is 9.47 Å². The van der Waals surface area contributed by atoms with Gasteiger partial charge in [0.2, 0.25) is 0 Å². The van der Waals surface area contributed by atoms with E-state index >= 15 is 0 Å². The lowest BCUT2D eigenvalue weighted by Gasteiger charge is -2.14. The first kappa shape index (κ1) is 20.5. The highest BCUT2D eigenvalue weighted by Crippen LogP contribution is 2.24. The number of rotatable bonds is 6. The van der Waals surface area contributed by atoms with Crippen molar-refractivity contribution in [2.24, 2.45) is 4.99 Å². The molecular formula is C16H23IN4O2S. The third-order valence-electron chi connectivity index (χ3n) is 3.24. The molecule has 0 fully saturated rings. The van der Waals surface area contributed by atoms with Crippen LogP contribution in [0, 0.1) is 6.92 Å². The number of thiazole rings is 1. The molecule has 0 amide bonds. The summed E-state index contributed by atoms with van der Waals surface area (Å²) in [6, 6.07) is 5.75. The van der Waals surface area contributed by atoms with Crippen LogP contribution in [0.1, 0.15) is 15.4 Å². The molecule has 0 aliphatic rings. The highest BCUT2D eigenvalue weighted by Gasteiger charge is 2.07. The SMILES string of the molecule is CN=C(NCc1ncc(C)s1)NCc1ccc(OC)cc1OC.I. The van der Waals surface area contributed by atoms with E-state index in [-0.39, 0.29) is 24.0 Å². The average molecular weight is 462 g/mol. The highest BCUT2D eigenvalue weighted by atomic mass is 127. The fraction of sp³-hybridized carbons (Fsp3) is 0.375. The van der Waals surface area contributed by atoms with Gasteiger partial charge in [-0.25, -0.2) is 4.98 Å². The van der Waals surface area contributed by atoms with E-state index in [2.05, 4.69) is 20.6 Å². The minimum absolute atomic E-state index is 0. The van der Waals surface area contributed by atoms with Gasteiger partial charge in [-0.2, -0.15) is 0 Å². The van der Waals surface area contributed by atoms with Crippen molar-refractivity contribution in [1.82, 2.24) is 15.6 Å². The third-order valence-corrected chi connectivity index (χ3v) is 4.15. The lowest BCUT2D eigenvalue weighted by molar-refractivity contribution is 0.390. The van der Waals surface area contributed by atoms with Crippen LogP contribution in [0.3, 0.4) is 0 Å². The van der Waals surface area contributed by atoms with E-state index in [1.807, 2.05) is 31.3 Å². The number of benzene rings is 1. The number of guanidine groups is 1. The molecule has 24 heavy (non-hydrogen) atoms. The second-order valence-electron chi connectivity index (χ2n) is 4.82. The van der Waals surface area contributed by atoms with Crippen LogP contribution in [0.15, 0.2) is 29.4 Å². The summed E-state index contributed by atoms with van der Waals surface area (Å²) in [6.45, 7) is 3.30. The molecule has 8 heteroatoms. The second kappa shape index (κ2) is 10.3.